The fourth-order valence-corrected chi connectivity index (χ4v) is 3.35. The Hall–Kier alpha value is -2.24. The summed E-state index contributed by atoms with van der Waals surface area (Å²) in [5, 5.41) is 3.08. The van der Waals surface area contributed by atoms with E-state index in [4.69, 9.17) is 9.47 Å². The van der Waals surface area contributed by atoms with Gasteiger partial charge < -0.3 is 19.7 Å². The minimum Gasteiger partial charge on any atom is -0.497 e. The number of hydrogen-bond acceptors (Lipinski definition) is 4. The van der Waals surface area contributed by atoms with Crippen LogP contribution >= 0.6 is 0 Å². The van der Waals surface area contributed by atoms with Crippen LogP contribution in [0.15, 0.2) is 18.2 Å². The lowest BCUT2D eigenvalue weighted by Crippen LogP contribution is -2.43. The van der Waals surface area contributed by atoms with Crippen molar-refractivity contribution in [3.8, 4) is 11.5 Å². The van der Waals surface area contributed by atoms with Gasteiger partial charge in [-0.2, -0.15) is 0 Å². The highest BCUT2D eigenvalue weighted by molar-refractivity contribution is 5.80. The summed E-state index contributed by atoms with van der Waals surface area (Å²) < 4.78 is 10.7. The number of likely N-dealkylation sites (tertiary alicyclic amines) is 1. The lowest BCUT2D eigenvalue weighted by atomic mass is 9.94. The van der Waals surface area contributed by atoms with Gasteiger partial charge in [-0.1, -0.05) is 6.92 Å². The van der Waals surface area contributed by atoms with E-state index in [1.807, 2.05) is 36.9 Å². The Morgan fingerprint density at radius 3 is 2.50 bits per heavy atom. The van der Waals surface area contributed by atoms with Crippen molar-refractivity contribution in [3.63, 3.8) is 0 Å². The summed E-state index contributed by atoms with van der Waals surface area (Å²) >= 11 is 0. The number of nitrogens with one attached hydrogen (secondary N) is 1. The molecule has 0 aliphatic carbocycles. The van der Waals surface area contributed by atoms with Gasteiger partial charge in [0.25, 0.3) is 0 Å². The van der Waals surface area contributed by atoms with Crippen LogP contribution in [0.4, 0.5) is 0 Å². The number of amides is 2. The maximum atomic E-state index is 12.7. The highest BCUT2D eigenvalue weighted by Gasteiger charge is 2.28. The Bertz CT molecular complexity index is 624. The normalized spacial score (nSPS) is 16.1. The molecule has 26 heavy (non-hydrogen) atoms. The molecule has 1 aliphatic heterocycles. The topological polar surface area (TPSA) is 67.9 Å². The van der Waals surface area contributed by atoms with Crippen LogP contribution in [0.3, 0.4) is 0 Å². The van der Waals surface area contributed by atoms with Crippen molar-refractivity contribution in [2.75, 3.05) is 27.3 Å². The molecule has 0 spiro atoms. The first-order valence-corrected chi connectivity index (χ1v) is 9.30. The van der Waals surface area contributed by atoms with Crippen LogP contribution in [0.2, 0.25) is 0 Å². The summed E-state index contributed by atoms with van der Waals surface area (Å²) in [4.78, 5) is 26.5. The van der Waals surface area contributed by atoms with E-state index >= 15 is 0 Å². The molecule has 1 N–H and O–H groups in total. The van der Waals surface area contributed by atoms with Crippen molar-refractivity contribution < 1.29 is 19.1 Å². The van der Waals surface area contributed by atoms with Crippen LogP contribution in [-0.2, 0) is 9.59 Å². The van der Waals surface area contributed by atoms with E-state index in [9.17, 15) is 9.59 Å². The van der Waals surface area contributed by atoms with Crippen molar-refractivity contribution in [3.05, 3.63) is 23.8 Å². The van der Waals surface area contributed by atoms with Gasteiger partial charge in [-0.15, -0.1) is 0 Å². The van der Waals surface area contributed by atoms with E-state index in [2.05, 4.69) is 5.32 Å². The first kappa shape index (κ1) is 20.1. The van der Waals surface area contributed by atoms with Crippen LogP contribution in [0.1, 0.15) is 51.1 Å². The molecule has 1 aromatic rings. The number of rotatable bonds is 7. The molecule has 0 bridgehead atoms. The smallest absolute Gasteiger partial charge is 0.223 e. The summed E-state index contributed by atoms with van der Waals surface area (Å²) in [6, 6.07) is 5.37. The second-order valence-corrected chi connectivity index (χ2v) is 6.74. The third-order valence-corrected chi connectivity index (χ3v) is 4.94. The highest BCUT2D eigenvalue weighted by Crippen LogP contribution is 2.30. The van der Waals surface area contributed by atoms with Crippen LogP contribution in [0.5, 0.6) is 11.5 Å². The highest BCUT2D eigenvalue weighted by atomic mass is 16.5. The van der Waals surface area contributed by atoms with Crippen molar-refractivity contribution in [2.45, 2.75) is 45.6 Å². The molecule has 6 nitrogen and oxygen atoms in total. The van der Waals surface area contributed by atoms with Crippen molar-refractivity contribution >= 4 is 11.8 Å². The lowest BCUT2D eigenvalue weighted by molar-refractivity contribution is -0.135. The molecule has 1 atom stereocenters. The van der Waals surface area contributed by atoms with Crippen LogP contribution in [-0.4, -0.2) is 44.0 Å². The monoisotopic (exact) mass is 362 g/mol. The predicted octanol–water partition coefficient (Wildman–Crippen LogP) is 2.92. The number of methoxy groups -OCH3 is 2. The molecule has 1 aromatic carbocycles. The molecular formula is C20H30N2O4. The number of benzene rings is 1. The van der Waals surface area contributed by atoms with E-state index in [0.29, 0.717) is 32.4 Å². The molecule has 1 saturated heterocycles. The fraction of sp³-hybridized carbons (Fsp3) is 0.600. The van der Waals surface area contributed by atoms with Gasteiger partial charge in [0, 0.05) is 31.0 Å². The van der Waals surface area contributed by atoms with Gasteiger partial charge >= 0.3 is 0 Å². The predicted molar refractivity (Wildman–Crippen MR) is 100 cm³/mol. The Morgan fingerprint density at radius 2 is 1.92 bits per heavy atom. The lowest BCUT2D eigenvalue weighted by Gasteiger charge is -2.32. The SMILES string of the molecule is CCCC(=O)N1CCC(C(=O)NC(C)c2cc(OC)ccc2OC)CC1. The minimum absolute atomic E-state index is 0.0324. The molecule has 1 heterocycles. The van der Waals surface area contributed by atoms with Gasteiger partial charge in [0.1, 0.15) is 11.5 Å². The molecule has 0 aromatic heterocycles. The van der Waals surface area contributed by atoms with Gasteiger partial charge in [0.05, 0.1) is 20.3 Å². The zero-order chi connectivity index (χ0) is 19.1. The van der Waals surface area contributed by atoms with E-state index in [-0.39, 0.29) is 23.8 Å². The third kappa shape index (κ3) is 4.90. The van der Waals surface area contributed by atoms with Crippen LogP contribution in [0, 0.1) is 5.92 Å². The maximum absolute atomic E-state index is 12.7. The molecule has 144 valence electrons. The molecule has 1 aliphatic rings. The summed E-state index contributed by atoms with van der Waals surface area (Å²) in [5.74, 6) is 1.62. The number of nitrogens with zero attached hydrogens (tertiary/aromatic N) is 1. The van der Waals surface area contributed by atoms with Gasteiger partial charge in [0.2, 0.25) is 11.8 Å². The molecule has 2 rings (SSSR count). The largest absolute Gasteiger partial charge is 0.497 e. The van der Waals surface area contributed by atoms with Gasteiger partial charge in [-0.25, -0.2) is 0 Å². The second-order valence-electron chi connectivity index (χ2n) is 6.74. The number of carbonyl (C=O) groups excluding carboxylic acids is 2. The number of carbonyl (C=O) groups is 2. The zero-order valence-electron chi connectivity index (χ0n) is 16.2. The Balaban J connectivity index is 1.95. The Kier molecular flexibility index (Phi) is 7.30. The molecule has 0 saturated carbocycles. The third-order valence-electron chi connectivity index (χ3n) is 4.94. The van der Waals surface area contributed by atoms with Gasteiger partial charge in [-0.05, 0) is 44.4 Å². The van der Waals surface area contributed by atoms with E-state index in [0.717, 1.165) is 23.5 Å². The molecule has 2 amide bonds. The second kappa shape index (κ2) is 9.46. The van der Waals surface area contributed by atoms with Crippen molar-refractivity contribution in [1.82, 2.24) is 10.2 Å². The number of piperidine rings is 1. The average molecular weight is 362 g/mol. The first-order valence-electron chi connectivity index (χ1n) is 9.30. The maximum Gasteiger partial charge on any atom is 0.223 e. The summed E-state index contributed by atoms with van der Waals surface area (Å²) in [6.07, 6.45) is 2.87. The zero-order valence-corrected chi connectivity index (χ0v) is 16.2. The quantitative estimate of drug-likeness (QED) is 0.810. The van der Waals surface area contributed by atoms with E-state index in [1.165, 1.54) is 0 Å². The molecular weight excluding hydrogens is 332 g/mol. The Labute approximate surface area is 155 Å². The van der Waals surface area contributed by atoms with Crippen LogP contribution in [0.25, 0.3) is 0 Å². The Morgan fingerprint density at radius 1 is 1.23 bits per heavy atom. The fourth-order valence-electron chi connectivity index (χ4n) is 3.35. The van der Waals surface area contributed by atoms with Crippen molar-refractivity contribution in [1.29, 1.82) is 0 Å². The number of hydrogen-bond donors (Lipinski definition) is 1. The molecule has 6 heteroatoms. The summed E-state index contributed by atoms with van der Waals surface area (Å²) in [5.41, 5.74) is 0.885. The average Bonchev–Trinajstić information content (AvgIpc) is 2.67. The number of ether oxygens (including phenoxy) is 2. The molecule has 1 fully saturated rings. The van der Waals surface area contributed by atoms with Crippen molar-refractivity contribution in [2.24, 2.45) is 5.92 Å². The van der Waals surface area contributed by atoms with Gasteiger partial charge in [-0.3, -0.25) is 9.59 Å². The van der Waals surface area contributed by atoms with E-state index < -0.39 is 0 Å². The summed E-state index contributed by atoms with van der Waals surface area (Å²) in [7, 11) is 3.23. The minimum atomic E-state index is -0.188. The molecule has 1 unspecified atom stereocenters. The van der Waals surface area contributed by atoms with Gasteiger partial charge in [0.15, 0.2) is 0 Å². The van der Waals surface area contributed by atoms with Crippen LogP contribution < -0.4 is 14.8 Å². The molecule has 0 radical (unpaired) electrons. The summed E-state index contributed by atoms with van der Waals surface area (Å²) in [6.45, 7) is 5.27. The van der Waals surface area contributed by atoms with E-state index in [1.54, 1.807) is 14.2 Å². The first-order chi connectivity index (χ1) is 12.5. The standard InChI is InChI=1S/C20H30N2O4/c1-5-6-19(23)22-11-9-15(10-12-22)20(24)21-14(2)17-13-16(25-3)7-8-18(17)26-4/h7-8,13-15H,5-6,9-12H2,1-4H3,(H,21,24).